The average molecular weight is 328 g/mol. The van der Waals surface area contributed by atoms with Crippen molar-refractivity contribution >= 4 is 11.8 Å². The maximum atomic E-state index is 12.9. The summed E-state index contributed by atoms with van der Waals surface area (Å²) in [6, 6.07) is 6.34. The van der Waals surface area contributed by atoms with Crippen molar-refractivity contribution in [3.8, 4) is 5.75 Å². The van der Waals surface area contributed by atoms with Crippen LogP contribution in [-0.2, 0) is 6.42 Å². The van der Waals surface area contributed by atoms with E-state index in [1.165, 1.54) is 12.1 Å². The van der Waals surface area contributed by atoms with Crippen LogP contribution in [0.2, 0.25) is 0 Å². The number of aryl methyl sites for hydroxylation is 1. The van der Waals surface area contributed by atoms with E-state index in [0.29, 0.717) is 23.8 Å². The molecule has 124 valence electrons. The zero-order chi connectivity index (χ0) is 17.3. The van der Waals surface area contributed by atoms with Crippen LogP contribution in [0.1, 0.15) is 28.3 Å². The van der Waals surface area contributed by atoms with Crippen LogP contribution in [-0.4, -0.2) is 20.3 Å². The van der Waals surface area contributed by atoms with Crippen LogP contribution in [0.15, 0.2) is 28.7 Å². The van der Waals surface area contributed by atoms with Crippen molar-refractivity contribution in [1.82, 2.24) is 15.2 Å². The number of anilines is 2. The highest BCUT2D eigenvalue weighted by Crippen LogP contribution is 2.29. The summed E-state index contributed by atoms with van der Waals surface area (Å²) in [4.78, 5) is 4.30. The van der Waals surface area contributed by atoms with Gasteiger partial charge >= 0.3 is 6.01 Å². The molecule has 3 rings (SSSR count). The van der Waals surface area contributed by atoms with E-state index >= 15 is 0 Å². The van der Waals surface area contributed by atoms with Crippen LogP contribution < -0.4 is 5.32 Å². The SMILES string of the molecule is Cc1nc(Nc2nnc(Cc3ccc(F)cc3)o2)c(C)c(C)c1O. The number of aromatic nitrogens is 3. The van der Waals surface area contributed by atoms with Crippen molar-refractivity contribution < 1.29 is 13.9 Å². The summed E-state index contributed by atoms with van der Waals surface area (Å²) in [6.07, 6.45) is 0.412. The van der Waals surface area contributed by atoms with Gasteiger partial charge in [0, 0.05) is 0 Å². The average Bonchev–Trinajstić information content (AvgIpc) is 3.00. The summed E-state index contributed by atoms with van der Waals surface area (Å²) in [5.41, 5.74) is 2.94. The first-order valence-corrected chi connectivity index (χ1v) is 7.44. The van der Waals surface area contributed by atoms with Crippen molar-refractivity contribution in [3.05, 3.63) is 58.4 Å². The molecule has 0 amide bonds. The number of nitrogens with one attached hydrogen (secondary N) is 1. The smallest absolute Gasteiger partial charge is 0.321 e. The van der Waals surface area contributed by atoms with Gasteiger partial charge in [-0.1, -0.05) is 17.2 Å². The third-order valence-corrected chi connectivity index (χ3v) is 3.86. The minimum atomic E-state index is -0.286. The number of nitrogens with zero attached hydrogens (tertiary/aromatic N) is 3. The molecule has 1 aromatic carbocycles. The van der Waals surface area contributed by atoms with Gasteiger partial charge in [-0.15, -0.1) is 5.10 Å². The largest absolute Gasteiger partial charge is 0.506 e. The summed E-state index contributed by atoms with van der Waals surface area (Å²) in [5, 5.41) is 20.8. The summed E-state index contributed by atoms with van der Waals surface area (Å²) < 4.78 is 18.5. The Hall–Kier alpha value is -2.96. The highest BCUT2D eigenvalue weighted by atomic mass is 19.1. The van der Waals surface area contributed by atoms with Gasteiger partial charge in [-0.2, -0.15) is 0 Å². The first-order chi connectivity index (χ1) is 11.4. The highest BCUT2D eigenvalue weighted by molar-refractivity contribution is 5.58. The van der Waals surface area contributed by atoms with E-state index in [1.807, 2.05) is 13.8 Å². The predicted molar refractivity (Wildman–Crippen MR) is 86.9 cm³/mol. The van der Waals surface area contributed by atoms with Gasteiger partial charge < -0.3 is 9.52 Å². The van der Waals surface area contributed by atoms with E-state index < -0.39 is 0 Å². The van der Waals surface area contributed by atoms with Gasteiger partial charge in [-0.25, -0.2) is 9.37 Å². The molecule has 0 spiro atoms. The Morgan fingerprint density at radius 1 is 1.08 bits per heavy atom. The Balaban J connectivity index is 1.78. The fraction of sp³-hybridized carbons (Fsp3) is 0.235. The molecule has 0 radical (unpaired) electrons. The lowest BCUT2D eigenvalue weighted by atomic mass is 10.1. The minimum absolute atomic E-state index is 0.181. The molecule has 2 heterocycles. The molecule has 7 heteroatoms. The van der Waals surface area contributed by atoms with Crippen LogP contribution in [0.3, 0.4) is 0 Å². The Kier molecular flexibility index (Phi) is 4.16. The minimum Gasteiger partial charge on any atom is -0.506 e. The first kappa shape index (κ1) is 15.9. The quantitative estimate of drug-likeness (QED) is 0.762. The number of halogens is 1. The van der Waals surface area contributed by atoms with Crippen LogP contribution in [0.5, 0.6) is 5.75 Å². The van der Waals surface area contributed by atoms with Gasteiger partial charge in [-0.3, -0.25) is 5.32 Å². The molecule has 0 fully saturated rings. The second-order valence-corrected chi connectivity index (χ2v) is 5.57. The van der Waals surface area contributed by atoms with Gasteiger partial charge in [-0.05, 0) is 49.6 Å². The number of benzene rings is 1. The maximum absolute atomic E-state index is 12.9. The van der Waals surface area contributed by atoms with Crippen LogP contribution >= 0.6 is 0 Å². The second-order valence-electron chi connectivity index (χ2n) is 5.57. The van der Waals surface area contributed by atoms with Gasteiger partial charge in [0.15, 0.2) is 0 Å². The molecule has 0 saturated carbocycles. The van der Waals surface area contributed by atoms with Gasteiger partial charge in [0.2, 0.25) is 5.89 Å². The molecule has 0 aliphatic rings. The number of hydrogen-bond donors (Lipinski definition) is 2. The Bertz CT molecular complexity index is 875. The monoisotopic (exact) mass is 328 g/mol. The van der Waals surface area contributed by atoms with E-state index in [1.54, 1.807) is 19.1 Å². The molecule has 0 unspecified atom stereocenters. The number of hydrogen-bond acceptors (Lipinski definition) is 6. The Labute approximate surface area is 138 Å². The van der Waals surface area contributed by atoms with Gasteiger partial charge in [0.05, 0.1) is 12.1 Å². The van der Waals surface area contributed by atoms with Gasteiger partial charge in [0.25, 0.3) is 0 Å². The summed E-state index contributed by atoms with van der Waals surface area (Å²) in [5.74, 6) is 0.862. The van der Waals surface area contributed by atoms with E-state index in [9.17, 15) is 9.50 Å². The van der Waals surface area contributed by atoms with Crippen molar-refractivity contribution in [2.24, 2.45) is 0 Å². The lowest BCUT2D eigenvalue weighted by molar-refractivity contribution is 0.462. The zero-order valence-corrected chi connectivity index (χ0v) is 13.6. The fourth-order valence-corrected chi connectivity index (χ4v) is 2.31. The lowest BCUT2D eigenvalue weighted by Gasteiger charge is -2.11. The molecular weight excluding hydrogens is 311 g/mol. The van der Waals surface area contributed by atoms with Crippen molar-refractivity contribution in [3.63, 3.8) is 0 Å². The molecule has 2 N–H and O–H groups in total. The third-order valence-electron chi connectivity index (χ3n) is 3.86. The standard InChI is InChI=1S/C17H17FN4O2/c1-9-10(2)16(19-11(3)15(9)23)20-17-22-21-14(24-17)8-12-4-6-13(18)7-5-12/h4-7,23H,8H2,1-3H3,(H,19,20,22). The number of aromatic hydroxyl groups is 1. The fourth-order valence-electron chi connectivity index (χ4n) is 2.31. The number of rotatable bonds is 4. The van der Waals surface area contributed by atoms with E-state index in [2.05, 4.69) is 20.5 Å². The molecule has 2 aromatic heterocycles. The van der Waals surface area contributed by atoms with Crippen molar-refractivity contribution in [2.75, 3.05) is 5.32 Å². The lowest BCUT2D eigenvalue weighted by Crippen LogP contribution is -2.01. The third kappa shape index (κ3) is 3.19. The second kappa shape index (κ2) is 6.27. The van der Waals surface area contributed by atoms with Crippen molar-refractivity contribution in [2.45, 2.75) is 27.2 Å². The highest BCUT2D eigenvalue weighted by Gasteiger charge is 2.14. The van der Waals surface area contributed by atoms with Crippen LogP contribution in [0, 0.1) is 26.6 Å². The molecule has 24 heavy (non-hydrogen) atoms. The molecule has 0 bridgehead atoms. The summed E-state index contributed by atoms with van der Waals surface area (Å²) in [6.45, 7) is 5.39. The number of pyridine rings is 1. The van der Waals surface area contributed by atoms with E-state index in [4.69, 9.17) is 4.42 Å². The normalized spacial score (nSPS) is 10.8. The molecule has 0 aliphatic heterocycles. The molecule has 0 atom stereocenters. The molecule has 6 nitrogen and oxygen atoms in total. The molecule has 0 aliphatic carbocycles. The molecule has 3 aromatic rings. The molecule has 0 saturated heterocycles. The van der Waals surface area contributed by atoms with Crippen LogP contribution in [0.4, 0.5) is 16.2 Å². The molecular formula is C17H17FN4O2. The zero-order valence-electron chi connectivity index (χ0n) is 13.6. The van der Waals surface area contributed by atoms with E-state index in [0.717, 1.165) is 16.7 Å². The Morgan fingerprint density at radius 2 is 1.79 bits per heavy atom. The summed E-state index contributed by atoms with van der Waals surface area (Å²) in [7, 11) is 0. The van der Waals surface area contributed by atoms with Gasteiger partial charge in [0.1, 0.15) is 17.4 Å². The van der Waals surface area contributed by atoms with Crippen molar-refractivity contribution in [1.29, 1.82) is 0 Å². The van der Waals surface area contributed by atoms with E-state index in [-0.39, 0.29) is 17.6 Å². The first-order valence-electron chi connectivity index (χ1n) is 7.44. The Morgan fingerprint density at radius 3 is 2.50 bits per heavy atom. The maximum Gasteiger partial charge on any atom is 0.321 e. The summed E-state index contributed by atoms with van der Waals surface area (Å²) >= 11 is 0. The van der Waals surface area contributed by atoms with Crippen LogP contribution in [0.25, 0.3) is 0 Å². The predicted octanol–water partition coefficient (Wildman–Crippen LogP) is 3.57. The topological polar surface area (TPSA) is 84.1 Å².